The minimum Gasteiger partial charge on any atom is -0.228 e. The van der Waals surface area contributed by atoms with Gasteiger partial charge in [0.25, 0.3) is 0 Å². The van der Waals surface area contributed by atoms with Crippen LogP contribution in [0.5, 0.6) is 0 Å². The molecule has 8 rings (SSSR count). The second-order valence-electron chi connectivity index (χ2n) is 13.5. The second-order valence-corrected chi connectivity index (χ2v) is 13.5. The number of hydrogen-bond donors (Lipinski definition) is 0. The van der Waals surface area contributed by atoms with Crippen LogP contribution in [0.1, 0.15) is 44.8 Å². The van der Waals surface area contributed by atoms with Crippen molar-refractivity contribution < 1.29 is 26.3 Å². The molecular weight excluding hydrogens is 723 g/mol. The number of nitrogens with zero attached hydrogens (tertiary/aromatic N) is 4. The SMILES string of the molecule is Cc1ccc(/C(=C(\c2ccc(C)cc2)c2nc(-c3ccc(C(F)(F)F)cc3)nc3ccccc23)c2nc(-c3ccc(C(F)(F)F)cc3)nc3ccccc23)cc1. The molecule has 0 fully saturated rings. The molecule has 0 radical (unpaired) electrons. The summed E-state index contributed by atoms with van der Waals surface area (Å²) in [5.41, 5.74) is 6.23. The Balaban J connectivity index is 1.50. The molecule has 0 atom stereocenters. The Bertz CT molecular complexity index is 2560. The van der Waals surface area contributed by atoms with Crippen molar-refractivity contribution in [2.45, 2.75) is 26.2 Å². The van der Waals surface area contributed by atoms with Gasteiger partial charge in [-0.3, -0.25) is 0 Å². The largest absolute Gasteiger partial charge is 0.416 e. The van der Waals surface area contributed by atoms with Crippen LogP contribution in [0.25, 0.3) is 55.7 Å². The summed E-state index contributed by atoms with van der Waals surface area (Å²) in [6.07, 6.45) is -9.03. The first kappa shape index (κ1) is 36.3. The van der Waals surface area contributed by atoms with Crippen LogP contribution >= 0.6 is 0 Å². The Hall–Kier alpha value is -6.68. The predicted molar refractivity (Wildman–Crippen MR) is 207 cm³/mol. The zero-order valence-electron chi connectivity index (χ0n) is 29.9. The molecule has 10 heteroatoms. The number of fused-ring (bicyclic) bond motifs is 2. The van der Waals surface area contributed by atoms with Gasteiger partial charge in [0.05, 0.1) is 33.5 Å². The molecule has 0 amide bonds. The molecule has 0 N–H and O–H groups in total. The van der Waals surface area contributed by atoms with Gasteiger partial charge in [0.15, 0.2) is 11.6 Å². The van der Waals surface area contributed by atoms with E-state index in [0.717, 1.165) is 46.5 Å². The summed E-state index contributed by atoms with van der Waals surface area (Å²) in [5, 5.41) is 1.37. The lowest BCUT2D eigenvalue weighted by molar-refractivity contribution is -0.138. The molecule has 0 unspecified atom stereocenters. The summed E-state index contributed by atoms with van der Waals surface area (Å²) < 4.78 is 81.4. The number of para-hydroxylation sites is 2. The van der Waals surface area contributed by atoms with Gasteiger partial charge in [-0.15, -0.1) is 0 Å². The van der Waals surface area contributed by atoms with E-state index in [-0.39, 0.29) is 11.6 Å². The Labute approximate surface area is 317 Å². The third-order valence-electron chi connectivity index (χ3n) is 9.55. The molecule has 0 bridgehead atoms. The van der Waals surface area contributed by atoms with Crippen molar-refractivity contribution in [2.75, 3.05) is 0 Å². The number of benzene rings is 6. The fraction of sp³-hybridized carbons (Fsp3) is 0.0870. The van der Waals surface area contributed by atoms with Gasteiger partial charge in [0.1, 0.15) is 0 Å². The van der Waals surface area contributed by atoms with Crippen LogP contribution in [0, 0.1) is 13.8 Å². The molecule has 4 nitrogen and oxygen atoms in total. The number of rotatable bonds is 6. The first-order valence-corrected chi connectivity index (χ1v) is 17.6. The van der Waals surface area contributed by atoms with Crippen LogP contribution in [-0.4, -0.2) is 19.9 Å². The Morgan fingerprint density at radius 1 is 0.393 bits per heavy atom. The van der Waals surface area contributed by atoms with Crippen molar-refractivity contribution in [2.24, 2.45) is 0 Å². The molecular formula is C46H30F6N4. The zero-order valence-corrected chi connectivity index (χ0v) is 29.9. The lowest BCUT2D eigenvalue weighted by atomic mass is 9.87. The van der Waals surface area contributed by atoms with Gasteiger partial charge in [0.2, 0.25) is 0 Å². The summed E-state index contributed by atoms with van der Waals surface area (Å²) in [6, 6.07) is 40.2. The van der Waals surface area contributed by atoms with E-state index in [1.54, 1.807) is 0 Å². The maximum atomic E-state index is 13.6. The van der Waals surface area contributed by atoms with E-state index in [2.05, 4.69) is 0 Å². The molecule has 2 heterocycles. The number of hydrogen-bond acceptors (Lipinski definition) is 4. The number of aromatic nitrogens is 4. The van der Waals surface area contributed by atoms with Crippen molar-refractivity contribution in [3.8, 4) is 22.8 Å². The Morgan fingerprint density at radius 2 is 0.732 bits per heavy atom. The van der Waals surface area contributed by atoms with E-state index >= 15 is 0 Å². The summed E-state index contributed by atoms with van der Waals surface area (Å²) >= 11 is 0. The predicted octanol–water partition coefficient (Wildman–Crippen LogP) is 12.6. The molecule has 2 aromatic heterocycles. The normalized spacial score (nSPS) is 12.6. The summed E-state index contributed by atoms with van der Waals surface area (Å²) in [4.78, 5) is 19.9. The third-order valence-corrected chi connectivity index (χ3v) is 9.55. The minimum atomic E-state index is -4.52. The van der Waals surface area contributed by atoms with Crippen molar-refractivity contribution in [3.63, 3.8) is 0 Å². The monoisotopic (exact) mass is 752 g/mol. The van der Waals surface area contributed by atoms with Gasteiger partial charge in [-0.25, -0.2) is 19.9 Å². The van der Waals surface area contributed by atoms with Gasteiger partial charge in [-0.05, 0) is 61.4 Å². The standard InChI is InChI=1S/C46H30F6N4/c1-27-11-15-29(16-12-27)39(41-35-7-3-5-9-37(35)53-43(55-41)31-19-23-33(24-20-31)45(47,48)49)40(30-17-13-28(2)14-18-30)42-36-8-4-6-10-38(36)54-44(56-42)32-21-25-34(26-22-32)46(50,51)52/h3-26H,1-2H3/b40-39-. The molecule has 8 aromatic rings. The molecule has 0 saturated carbocycles. The molecule has 0 aliphatic rings. The molecule has 0 aliphatic carbocycles. The highest BCUT2D eigenvalue weighted by molar-refractivity contribution is 6.11. The van der Waals surface area contributed by atoms with Gasteiger partial charge in [-0.1, -0.05) is 120 Å². The highest BCUT2D eigenvalue weighted by atomic mass is 19.4. The first-order valence-electron chi connectivity index (χ1n) is 17.6. The fourth-order valence-electron chi connectivity index (χ4n) is 6.65. The fourth-order valence-corrected chi connectivity index (χ4v) is 6.65. The molecule has 0 spiro atoms. The number of alkyl halides is 6. The first-order chi connectivity index (χ1) is 26.8. The quantitative estimate of drug-likeness (QED) is 0.125. The van der Waals surface area contributed by atoms with Crippen LogP contribution in [0.2, 0.25) is 0 Å². The van der Waals surface area contributed by atoms with Gasteiger partial charge in [-0.2, -0.15) is 26.3 Å². The summed E-state index contributed by atoms with van der Waals surface area (Å²) in [5.74, 6) is 0.441. The topological polar surface area (TPSA) is 51.6 Å². The molecule has 276 valence electrons. The lowest BCUT2D eigenvalue weighted by Gasteiger charge is -2.20. The average molecular weight is 753 g/mol. The van der Waals surface area contributed by atoms with Gasteiger partial charge in [0, 0.05) is 33.0 Å². The average Bonchev–Trinajstić information content (AvgIpc) is 3.19. The molecule has 0 saturated heterocycles. The van der Waals surface area contributed by atoms with Crippen LogP contribution < -0.4 is 0 Å². The number of aryl methyl sites for hydroxylation is 2. The minimum absolute atomic E-state index is 0.221. The summed E-state index contributed by atoms with van der Waals surface area (Å²) in [6.45, 7) is 3.95. The molecule has 6 aromatic carbocycles. The van der Waals surface area contributed by atoms with Gasteiger partial charge < -0.3 is 0 Å². The highest BCUT2D eigenvalue weighted by Crippen LogP contribution is 2.42. The Morgan fingerprint density at radius 3 is 1.07 bits per heavy atom. The van der Waals surface area contributed by atoms with Crippen molar-refractivity contribution in [1.29, 1.82) is 0 Å². The number of halogens is 6. The van der Waals surface area contributed by atoms with Gasteiger partial charge >= 0.3 is 12.4 Å². The van der Waals surface area contributed by atoms with E-state index < -0.39 is 23.5 Å². The van der Waals surface area contributed by atoms with Crippen LogP contribution in [0.3, 0.4) is 0 Å². The smallest absolute Gasteiger partial charge is 0.228 e. The Kier molecular flexibility index (Phi) is 9.20. The maximum absolute atomic E-state index is 13.6. The van der Waals surface area contributed by atoms with Crippen molar-refractivity contribution in [1.82, 2.24) is 19.9 Å². The summed E-state index contributed by atoms with van der Waals surface area (Å²) in [7, 11) is 0. The third kappa shape index (κ3) is 7.13. The van der Waals surface area contributed by atoms with Crippen LogP contribution in [0.15, 0.2) is 146 Å². The molecule has 56 heavy (non-hydrogen) atoms. The van der Waals surface area contributed by atoms with Crippen molar-refractivity contribution in [3.05, 3.63) is 190 Å². The van der Waals surface area contributed by atoms with E-state index in [1.807, 2.05) is 111 Å². The second kappa shape index (κ2) is 14.2. The van der Waals surface area contributed by atoms with E-state index in [4.69, 9.17) is 19.9 Å². The van der Waals surface area contributed by atoms with E-state index in [9.17, 15) is 26.3 Å². The van der Waals surface area contributed by atoms with Crippen molar-refractivity contribution >= 4 is 33.0 Å². The van der Waals surface area contributed by atoms with E-state index in [1.165, 1.54) is 24.3 Å². The maximum Gasteiger partial charge on any atom is 0.416 e. The highest BCUT2D eigenvalue weighted by Gasteiger charge is 2.31. The van der Waals surface area contributed by atoms with Crippen LogP contribution in [0.4, 0.5) is 26.3 Å². The van der Waals surface area contributed by atoms with E-state index in [0.29, 0.717) is 55.5 Å². The zero-order chi connectivity index (χ0) is 39.2. The lowest BCUT2D eigenvalue weighted by Crippen LogP contribution is -2.07. The van der Waals surface area contributed by atoms with Crippen LogP contribution in [-0.2, 0) is 12.4 Å². The molecule has 0 aliphatic heterocycles.